The number of ketones is 1. The van der Waals surface area contributed by atoms with Crippen molar-refractivity contribution in [2.24, 2.45) is 5.92 Å². The van der Waals surface area contributed by atoms with Gasteiger partial charge >= 0.3 is 5.97 Å². The van der Waals surface area contributed by atoms with Crippen LogP contribution in [0.1, 0.15) is 70.2 Å². The SMILES string of the molecule is CCOC(=O)c1[nH]c(C)c(C(=O)C(C)N(CC(C)C)C(=O)c2ccc(Cl)cc2)c1C. The molecule has 1 aromatic carbocycles. The second-order valence-electron chi connectivity index (χ2n) is 7.74. The molecule has 0 radical (unpaired) electrons. The van der Waals surface area contributed by atoms with Crippen molar-refractivity contribution in [3.8, 4) is 0 Å². The molecule has 0 aliphatic carbocycles. The fourth-order valence-corrected chi connectivity index (χ4v) is 3.57. The number of carbonyl (C=O) groups is 3. The van der Waals surface area contributed by atoms with Crippen molar-refractivity contribution in [2.75, 3.05) is 13.2 Å². The number of hydrogen-bond acceptors (Lipinski definition) is 4. The van der Waals surface area contributed by atoms with Crippen LogP contribution in [0.15, 0.2) is 24.3 Å². The van der Waals surface area contributed by atoms with Gasteiger partial charge in [-0.3, -0.25) is 9.59 Å². The largest absolute Gasteiger partial charge is 0.461 e. The van der Waals surface area contributed by atoms with Crippen molar-refractivity contribution in [1.82, 2.24) is 9.88 Å². The number of hydrogen-bond donors (Lipinski definition) is 1. The van der Waals surface area contributed by atoms with Gasteiger partial charge in [-0.1, -0.05) is 25.4 Å². The number of amides is 1. The van der Waals surface area contributed by atoms with Crippen LogP contribution in [0, 0.1) is 19.8 Å². The van der Waals surface area contributed by atoms with Gasteiger partial charge in [-0.05, 0) is 63.4 Å². The summed E-state index contributed by atoms with van der Waals surface area (Å²) in [5.41, 5.74) is 2.27. The Kier molecular flexibility index (Phi) is 7.84. The second kappa shape index (κ2) is 9.94. The monoisotopic (exact) mass is 432 g/mol. The average Bonchev–Trinajstić information content (AvgIpc) is 2.99. The molecule has 0 aliphatic rings. The van der Waals surface area contributed by atoms with E-state index in [1.54, 1.807) is 56.9 Å². The number of halogens is 1. The highest BCUT2D eigenvalue weighted by Gasteiger charge is 2.32. The quantitative estimate of drug-likeness (QED) is 0.478. The lowest BCUT2D eigenvalue weighted by molar-refractivity contribution is 0.0518. The normalized spacial score (nSPS) is 12.0. The summed E-state index contributed by atoms with van der Waals surface area (Å²) >= 11 is 5.94. The number of Topliss-reactive ketones (excluding diaryl/α,β-unsaturated/α-hetero) is 1. The Morgan fingerprint density at radius 1 is 1.10 bits per heavy atom. The topological polar surface area (TPSA) is 79.5 Å². The number of aromatic amines is 1. The molecule has 1 amide bonds. The molecular formula is C23H29ClN2O4. The zero-order chi connectivity index (χ0) is 22.6. The van der Waals surface area contributed by atoms with Gasteiger partial charge in [0.05, 0.1) is 12.6 Å². The molecule has 162 valence electrons. The highest BCUT2D eigenvalue weighted by atomic mass is 35.5. The number of carbonyl (C=O) groups excluding carboxylic acids is 3. The summed E-state index contributed by atoms with van der Waals surface area (Å²) in [7, 11) is 0. The van der Waals surface area contributed by atoms with Crippen LogP contribution < -0.4 is 0 Å². The Bertz CT molecular complexity index is 931. The molecule has 0 saturated carbocycles. The smallest absolute Gasteiger partial charge is 0.355 e. The molecule has 30 heavy (non-hydrogen) atoms. The third-order valence-corrected chi connectivity index (χ3v) is 5.18. The summed E-state index contributed by atoms with van der Waals surface area (Å²) in [6, 6.07) is 5.91. The molecule has 1 heterocycles. The standard InChI is InChI=1S/C23H29ClN2O4/c1-7-30-23(29)20-14(4)19(15(5)25-20)21(27)16(6)26(12-13(2)3)22(28)17-8-10-18(24)11-9-17/h8-11,13,16,25H,7,12H2,1-6H3. The Labute approximate surface area is 182 Å². The number of nitrogens with zero attached hydrogens (tertiary/aromatic N) is 1. The lowest BCUT2D eigenvalue weighted by atomic mass is 9.98. The molecule has 0 spiro atoms. The van der Waals surface area contributed by atoms with E-state index in [1.807, 2.05) is 13.8 Å². The number of aryl methyl sites for hydroxylation is 1. The summed E-state index contributed by atoms with van der Waals surface area (Å²) < 4.78 is 5.07. The van der Waals surface area contributed by atoms with Gasteiger partial charge in [0, 0.05) is 28.4 Å². The Hall–Kier alpha value is -2.60. The lowest BCUT2D eigenvalue weighted by Gasteiger charge is -2.30. The van der Waals surface area contributed by atoms with Crippen molar-refractivity contribution in [1.29, 1.82) is 0 Å². The first-order valence-corrected chi connectivity index (χ1v) is 10.4. The molecule has 1 unspecified atom stereocenters. The van der Waals surface area contributed by atoms with E-state index < -0.39 is 12.0 Å². The van der Waals surface area contributed by atoms with E-state index in [1.165, 1.54) is 0 Å². The van der Waals surface area contributed by atoms with Gasteiger partial charge in [-0.25, -0.2) is 4.79 Å². The van der Waals surface area contributed by atoms with Crippen molar-refractivity contribution in [3.63, 3.8) is 0 Å². The van der Waals surface area contributed by atoms with Crippen molar-refractivity contribution >= 4 is 29.3 Å². The number of aromatic nitrogens is 1. The van der Waals surface area contributed by atoms with Crippen LogP contribution in [0.3, 0.4) is 0 Å². The number of esters is 1. The molecule has 0 fully saturated rings. The Balaban J connectivity index is 2.39. The molecule has 0 aliphatic heterocycles. The van der Waals surface area contributed by atoms with Gasteiger partial charge in [0.25, 0.3) is 5.91 Å². The second-order valence-corrected chi connectivity index (χ2v) is 8.18. The molecule has 1 aromatic heterocycles. The van der Waals surface area contributed by atoms with Gasteiger partial charge in [0.2, 0.25) is 0 Å². The third kappa shape index (κ3) is 5.11. The number of benzene rings is 1. The van der Waals surface area contributed by atoms with Crippen LogP contribution in [0.4, 0.5) is 0 Å². The summed E-state index contributed by atoms with van der Waals surface area (Å²) in [5, 5.41) is 0.538. The minimum absolute atomic E-state index is 0.167. The summed E-state index contributed by atoms with van der Waals surface area (Å²) in [4.78, 5) is 43.3. The van der Waals surface area contributed by atoms with Crippen molar-refractivity contribution < 1.29 is 19.1 Å². The zero-order valence-electron chi connectivity index (χ0n) is 18.3. The Morgan fingerprint density at radius 3 is 2.23 bits per heavy atom. The van der Waals surface area contributed by atoms with Crippen LogP contribution in [0.25, 0.3) is 0 Å². The van der Waals surface area contributed by atoms with Crippen LogP contribution >= 0.6 is 11.6 Å². The molecule has 1 N–H and O–H groups in total. The number of rotatable bonds is 8. The first-order chi connectivity index (χ1) is 14.1. The minimum atomic E-state index is -0.709. The molecule has 2 rings (SSSR count). The molecular weight excluding hydrogens is 404 g/mol. The number of nitrogens with one attached hydrogen (secondary N) is 1. The van der Waals surface area contributed by atoms with Crippen LogP contribution in [-0.2, 0) is 4.74 Å². The highest BCUT2D eigenvalue weighted by Crippen LogP contribution is 2.23. The summed E-state index contributed by atoms with van der Waals surface area (Å²) in [6.45, 7) is 11.5. The maximum atomic E-state index is 13.4. The van der Waals surface area contributed by atoms with E-state index in [2.05, 4.69) is 4.98 Å². The van der Waals surface area contributed by atoms with Gasteiger partial charge in [0.1, 0.15) is 5.69 Å². The van der Waals surface area contributed by atoms with Crippen LogP contribution in [-0.4, -0.2) is 46.7 Å². The zero-order valence-corrected chi connectivity index (χ0v) is 19.1. The average molecular weight is 433 g/mol. The van der Waals surface area contributed by atoms with Gasteiger partial charge < -0.3 is 14.6 Å². The van der Waals surface area contributed by atoms with E-state index in [4.69, 9.17) is 16.3 Å². The number of ether oxygens (including phenoxy) is 1. The molecule has 7 heteroatoms. The summed E-state index contributed by atoms with van der Waals surface area (Å²) in [5.74, 6) is -0.793. The van der Waals surface area contributed by atoms with Gasteiger partial charge in [-0.15, -0.1) is 0 Å². The third-order valence-electron chi connectivity index (χ3n) is 4.92. The maximum Gasteiger partial charge on any atom is 0.355 e. The molecule has 0 bridgehead atoms. The predicted octanol–water partition coefficient (Wildman–Crippen LogP) is 4.83. The first-order valence-electron chi connectivity index (χ1n) is 10.0. The molecule has 1 atom stereocenters. The number of H-pyrrole nitrogens is 1. The highest BCUT2D eigenvalue weighted by molar-refractivity contribution is 6.30. The van der Waals surface area contributed by atoms with Gasteiger partial charge in [-0.2, -0.15) is 0 Å². The van der Waals surface area contributed by atoms with E-state index in [-0.39, 0.29) is 29.9 Å². The fourth-order valence-electron chi connectivity index (χ4n) is 3.45. The molecule has 2 aromatic rings. The first kappa shape index (κ1) is 23.7. The minimum Gasteiger partial charge on any atom is -0.461 e. The van der Waals surface area contributed by atoms with Crippen LogP contribution in [0.5, 0.6) is 0 Å². The van der Waals surface area contributed by atoms with Crippen molar-refractivity contribution in [2.45, 2.75) is 47.6 Å². The fraction of sp³-hybridized carbons (Fsp3) is 0.435. The molecule has 0 saturated heterocycles. The van der Waals surface area contributed by atoms with E-state index in [9.17, 15) is 14.4 Å². The maximum absolute atomic E-state index is 13.4. The van der Waals surface area contributed by atoms with E-state index in [0.29, 0.717) is 34.0 Å². The molecule has 6 nitrogen and oxygen atoms in total. The van der Waals surface area contributed by atoms with E-state index >= 15 is 0 Å². The summed E-state index contributed by atoms with van der Waals surface area (Å²) in [6.07, 6.45) is 0. The van der Waals surface area contributed by atoms with Gasteiger partial charge in [0.15, 0.2) is 5.78 Å². The van der Waals surface area contributed by atoms with E-state index in [0.717, 1.165) is 0 Å². The lowest BCUT2D eigenvalue weighted by Crippen LogP contribution is -2.45. The Morgan fingerprint density at radius 2 is 1.70 bits per heavy atom. The predicted molar refractivity (Wildman–Crippen MR) is 117 cm³/mol. The van der Waals surface area contributed by atoms with Crippen LogP contribution in [0.2, 0.25) is 5.02 Å². The van der Waals surface area contributed by atoms with Crippen molar-refractivity contribution in [3.05, 3.63) is 57.4 Å².